The van der Waals surface area contributed by atoms with Gasteiger partial charge in [0.25, 0.3) is 0 Å². The molecule has 0 amide bonds. The molecule has 84 valence electrons. The van der Waals surface area contributed by atoms with Gasteiger partial charge in [-0.2, -0.15) is 0 Å². The fraction of sp³-hybridized carbons (Fsp3) is 0.545. The van der Waals surface area contributed by atoms with E-state index in [9.17, 15) is 0 Å². The largest absolute Gasteiger partial charge is 0.384 e. The lowest BCUT2D eigenvalue weighted by Gasteiger charge is -2.25. The lowest BCUT2D eigenvalue weighted by molar-refractivity contribution is 0.000696. The van der Waals surface area contributed by atoms with Gasteiger partial charge in [-0.15, -0.1) is 0 Å². The van der Waals surface area contributed by atoms with Gasteiger partial charge in [-0.05, 0) is 32.9 Å². The van der Waals surface area contributed by atoms with E-state index < -0.39 is 0 Å². The molecule has 0 radical (unpaired) electrons. The van der Waals surface area contributed by atoms with Crippen LogP contribution in [0.4, 0.5) is 11.5 Å². The number of pyridine rings is 1. The summed E-state index contributed by atoms with van der Waals surface area (Å²) in [6.07, 6.45) is 1.72. The molecule has 3 N–H and O–H groups in total. The molecule has 1 heterocycles. The van der Waals surface area contributed by atoms with Gasteiger partial charge in [-0.3, -0.25) is 0 Å². The molecule has 0 spiro atoms. The average Bonchev–Trinajstić information content (AvgIpc) is 2.17. The number of hydrogen-bond acceptors (Lipinski definition) is 4. The Labute approximate surface area is 90.8 Å². The first-order valence-corrected chi connectivity index (χ1v) is 5.13. The number of nitrogen functional groups attached to an aromatic ring is 1. The molecular formula is C11H19N3O. The van der Waals surface area contributed by atoms with Crippen LogP contribution in [-0.4, -0.2) is 23.7 Å². The van der Waals surface area contributed by atoms with Crippen LogP contribution in [0.5, 0.6) is 0 Å². The van der Waals surface area contributed by atoms with Crippen molar-refractivity contribution < 1.29 is 4.74 Å². The molecular weight excluding hydrogens is 190 g/mol. The second-order valence-corrected chi connectivity index (χ2v) is 4.02. The van der Waals surface area contributed by atoms with E-state index in [1.54, 1.807) is 12.3 Å². The molecule has 0 fully saturated rings. The summed E-state index contributed by atoms with van der Waals surface area (Å²) in [5.41, 5.74) is 6.28. The first-order valence-electron chi connectivity index (χ1n) is 5.13. The Hall–Kier alpha value is -1.29. The van der Waals surface area contributed by atoms with E-state index in [0.29, 0.717) is 12.4 Å². The van der Waals surface area contributed by atoms with Crippen molar-refractivity contribution in [3.8, 4) is 0 Å². The zero-order valence-electron chi connectivity index (χ0n) is 9.58. The zero-order valence-corrected chi connectivity index (χ0v) is 9.58. The van der Waals surface area contributed by atoms with Gasteiger partial charge in [0.15, 0.2) is 0 Å². The van der Waals surface area contributed by atoms with Crippen molar-refractivity contribution in [1.29, 1.82) is 0 Å². The molecule has 15 heavy (non-hydrogen) atoms. The number of nitrogens with zero attached hydrogens (tertiary/aromatic N) is 1. The predicted molar refractivity (Wildman–Crippen MR) is 62.8 cm³/mol. The summed E-state index contributed by atoms with van der Waals surface area (Å²) in [7, 11) is 0. The highest BCUT2D eigenvalue weighted by molar-refractivity contribution is 5.45. The number of aromatic nitrogens is 1. The number of anilines is 2. The third-order valence-corrected chi connectivity index (χ3v) is 2.04. The topological polar surface area (TPSA) is 60.2 Å². The minimum Gasteiger partial charge on any atom is -0.384 e. The fourth-order valence-electron chi connectivity index (χ4n) is 1.27. The van der Waals surface area contributed by atoms with Gasteiger partial charge in [-0.25, -0.2) is 4.98 Å². The molecule has 0 saturated carbocycles. The maximum absolute atomic E-state index is 5.57. The van der Waals surface area contributed by atoms with Crippen LogP contribution >= 0.6 is 0 Å². The SMILES string of the molecule is CCOC(C)(C)CNc1ccc(N)nc1. The smallest absolute Gasteiger partial charge is 0.123 e. The molecule has 0 aliphatic rings. The van der Waals surface area contributed by atoms with Crippen molar-refractivity contribution >= 4 is 11.5 Å². The summed E-state index contributed by atoms with van der Waals surface area (Å²) < 4.78 is 5.57. The van der Waals surface area contributed by atoms with Crippen molar-refractivity contribution in [1.82, 2.24) is 4.98 Å². The monoisotopic (exact) mass is 209 g/mol. The van der Waals surface area contributed by atoms with Crippen LogP contribution in [0.25, 0.3) is 0 Å². The standard InChI is InChI=1S/C11H19N3O/c1-4-15-11(2,3)8-14-9-5-6-10(12)13-7-9/h5-7,14H,4,8H2,1-3H3,(H2,12,13). The number of nitrogens with one attached hydrogen (secondary N) is 1. The summed E-state index contributed by atoms with van der Waals surface area (Å²) in [6, 6.07) is 3.68. The van der Waals surface area contributed by atoms with Crippen LogP contribution in [-0.2, 0) is 4.74 Å². The van der Waals surface area contributed by atoms with E-state index in [1.165, 1.54) is 0 Å². The van der Waals surface area contributed by atoms with Crippen molar-refractivity contribution in [2.75, 3.05) is 24.2 Å². The summed E-state index contributed by atoms with van der Waals surface area (Å²) >= 11 is 0. The molecule has 1 aromatic rings. The first-order chi connectivity index (χ1) is 7.03. The van der Waals surface area contributed by atoms with Crippen molar-refractivity contribution in [3.63, 3.8) is 0 Å². The van der Waals surface area contributed by atoms with Crippen LogP contribution in [0.1, 0.15) is 20.8 Å². The maximum Gasteiger partial charge on any atom is 0.123 e. The zero-order chi connectivity index (χ0) is 11.3. The summed E-state index contributed by atoms with van der Waals surface area (Å²) in [4.78, 5) is 4.00. The van der Waals surface area contributed by atoms with Gasteiger partial charge in [0.2, 0.25) is 0 Å². The minimum absolute atomic E-state index is 0.170. The Bertz CT molecular complexity index is 295. The fourth-order valence-corrected chi connectivity index (χ4v) is 1.27. The van der Waals surface area contributed by atoms with Gasteiger partial charge in [-0.1, -0.05) is 0 Å². The number of ether oxygens (including phenoxy) is 1. The Morgan fingerprint density at radius 1 is 1.47 bits per heavy atom. The predicted octanol–water partition coefficient (Wildman–Crippen LogP) is 1.89. The highest BCUT2D eigenvalue weighted by atomic mass is 16.5. The number of nitrogens with two attached hydrogens (primary N) is 1. The van der Waals surface area contributed by atoms with Gasteiger partial charge in [0.1, 0.15) is 5.82 Å². The summed E-state index contributed by atoms with van der Waals surface area (Å²) in [5, 5.41) is 3.25. The van der Waals surface area contributed by atoms with E-state index in [0.717, 1.165) is 12.2 Å². The van der Waals surface area contributed by atoms with Gasteiger partial charge >= 0.3 is 0 Å². The molecule has 1 rings (SSSR count). The van der Waals surface area contributed by atoms with Crippen LogP contribution < -0.4 is 11.1 Å². The molecule has 0 aromatic carbocycles. The third kappa shape index (κ3) is 4.16. The van der Waals surface area contributed by atoms with Crippen molar-refractivity contribution in [2.45, 2.75) is 26.4 Å². The molecule has 1 aromatic heterocycles. The lowest BCUT2D eigenvalue weighted by atomic mass is 10.1. The van der Waals surface area contributed by atoms with Gasteiger partial charge in [0, 0.05) is 13.2 Å². The lowest BCUT2D eigenvalue weighted by Crippen LogP contribution is -2.33. The normalized spacial score (nSPS) is 11.4. The van der Waals surface area contributed by atoms with Crippen LogP contribution in [0.3, 0.4) is 0 Å². The van der Waals surface area contributed by atoms with Crippen LogP contribution in [0.2, 0.25) is 0 Å². The molecule has 0 saturated heterocycles. The molecule has 4 nitrogen and oxygen atoms in total. The Morgan fingerprint density at radius 2 is 2.20 bits per heavy atom. The molecule has 0 aliphatic carbocycles. The molecule has 0 unspecified atom stereocenters. The van der Waals surface area contributed by atoms with E-state index >= 15 is 0 Å². The highest BCUT2D eigenvalue weighted by Crippen LogP contribution is 2.12. The third-order valence-electron chi connectivity index (χ3n) is 2.04. The van der Waals surface area contributed by atoms with E-state index in [2.05, 4.69) is 10.3 Å². The van der Waals surface area contributed by atoms with E-state index in [-0.39, 0.29) is 5.60 Å². The van der Waals surface area contributed by atoms with Gasteiger partial charge in [0.05, 0.1) is 17.5 Å². The second kappa shape index (κ2) is 4.98. The van der Waals surface area contributed by atoms with Gasteiger partial charge < -0.3 is 15.8 Å². The highest BCUT2D eigenvalue weighted by Gasteiger charge is 2.16. The van der Waals surface area contributed by atoms with Crippen molar-refractivity contribution in [3.05, 3.63) is 18.3 Å². The average molecular weight is 209 g/mol. The second-order valence-electron chi connectivity index (χ2n) is 4.02. The van der Waals surface area contributed by atoms with E-state index in [1.807, 2.05) is 26.8 Å². The van der Waals surface area contributed by atoms with Crippen molar-refractivity contribution in [2.24, 2.45) is 0 Å². The minimum atomic E-state index is -0.170. The Kier molecular flexibility index (Phi) is 3.91. The van der Waals surface area contributed by atoms with Crippen LogP contribution in [0, 0.1) is 0 Å². The summed E-state index contributed by atoms with van der Waals surface area (Å²) in [5.74, 6) is 0.532. The first kappa shape index (κ1) is 11.8. The summed E-state index contributed by atoms with van der Waals surface area (Å²) in [6.45, 7) is 7.55. The van der Waals surface area contributed by atoms with Crippen LogP contribution in [0.15, 0.2) is 18.3 Å². The maximum atomic E-state index is 5.57. The number of hydrogen-bond donors (Lipinski definition) is 2. The Morgan fingerprint density at radius 3 is 2.73 bits per heavy atom. The number of rotatable bonds is 5. The molecule has 0 bridgehead atoms. The molecule has 0 aliphatic heterocycles. The van der Waals surface area contributed by atoms with E-state index in [4.69, 9.17) is 10.5 Å². The molecule has 4 heteroatoms. The quantitative estimate of drug-likeness (QED) is 0.777. The molecule has 0 atom stereocenters. The Balaban J connectivity index is 2.46.